The first kappa shape index (κ1) is 13.5. The Kier molecular flexibility index (Phi) is 4.01. The predicted octanol–water partition coefficient (Wildman–Crippen LogP) is 1.08. The van der Waals surface area contributed by atoms with Gasteiger partial charge in [-0.3, -0.25) is 14.2 Å². The van der Waals surface area contributed by atoms with E-state index in [1.807, 2.05) is 0 Å². The van der Waals surface area contributed by atoms with Crippen molar-refractivity contribution in [3.63, 3.8) is 0 Å². The molecule has 0 spiro atoms. The molecule has 0 N–H and O–H groups in total. The van der Waals surface area contributed by atoms with E-state index in [0.717, 1.165) is 17.0 Å². The van der Waals surface area contributed by atoms with Crippen LogP contribution in [-0.4, -0.2) is 33.6 Å². The number of carbonyl (C=O) groups excluding carboxylic acids is 1. The third-order valence-electron chi connectivity index (χ3n) is 2.63. The van der Waals surface area contributed by atoms with E-state index in [2.05, 4.69) is 16.6 Å². The van der Waals surface area contributed by atoms with E-state index in [9.17, 15) is 9.59 Å². The Hall–Kier alpha value is -0.950. The van der Waals surface area contributed by atoms with Crippen LogP contribution in [-0.2, 0) is 23.0 Å². The van der Waals surface area contributed by atoms with Crippen molar-refractivity contribution < 1.29 is 9.53 Å². The van der Waals surface area contributed by atoms with Gasteiger partial charge in [-0.05, 0) is 0 Å². The molecular formula is C11H14N2O3S2. The molecule has 1 aliphatic heterocycles. The van der Waals surface area contributed by atoms with Crippen molar-refractivity contribution in [1.82, 2.24) is 9.55 Å². The summed E-state index contributed by atoms with van der Waals surface area (Å²) in [6.07, 6.45) is 0.807. The summed E-state index contributed by atoms with van der Waals surface area (Å²) in [5, 5.41) is 0.958. The molecule has 1 aromatic rings. The number of rotatable bonds is 3. The van der Waals surface area contributed by atoms with Crippen molar-refractivity contribution in [2.24, 2.45) is 7.05 Å². The van der Waals surface area contributed by atoms with Crippen LogP contribution >= 0.6 is 23.5 Å². The Morgan fingerprint density at radius 3 is 3.06 bits per heavy atom. The molecule has 0 radical (unpaired) electrons. The van der Waals surface area contributed by atoms with Gasteiger partial charge in [-0.25, -0.2) is 4.98 Å². The summed E-state index contributed by atoms with van der Waals surface area (Å²) < 4.78 is 6.07. The quantitative estimate of drug-likeness (QED) is 0.471. The first-order valence-electron chi connectivity index (χ1n) is 5.49. The fourth-order valence-electron chi connectivity index (χ4n) is 1.69. The summed E-state index contributed by atoms with van der Waals surface area (Å²) in [7, 11) is 3.02. The third-order valence-corrected chi connectivity index (χ3v) is 4.84. The van der Waals surface area contributed by atoms with Gasteiger partial charge in [0.05, 0.1) is 23.5 Å². The Labute approximate surface area is 113 Å². The van der Waals surface area contributed by atoms with Crippen LogP contribution in [0.4, 0.5) is 0 Å². The second kappa shape index (κ2) is 5.36. The van der Waals surface area contributed by atoms with Crippen LogP contribution in [0.15, 0.2) is 14.8 Å². The summed E-state index contributed by atoms with van der Waals surface area (Å²) in [6.45, 7) is 2.08. The van der Waals surface area contributed by atoms with E-state index in [1.54, 1.807) is 18.8 Å². The van der Waals surface area contributed by atoms with E-state index in [-0.39, 0.29) is 17.3 Å². The normalized spacial score (nSPS) is 17.6. The summed E-state index contributed by atoms with van der Waals surface area (Å²) >= 11 is 2.80. The van der Waals surface area contributed by atoms with Gasteiger partial charge in [0.25, 0.3) is 5.56 Å². The Bertz CT molecular complexity index is 542. The first-order chi connectivity index (χ1) is 8.52. The molecule has 0 fully saturated rings. The van der Waals surface area contributed by atoms with Gasteiger partial charge in [0.2, 0.25) is 0 Å². The predicted molar refractivity (Wildman–Crippen MR) is 71.2 cm³/mol. The molecule has 18 heavy (non-hydrogen) atoms. The van der Waals surface area contributed by atoms with Crippen molar-refractivity contribution in [2.45, 2.75) is 28.6 Å². The number of nitrogens with zero attached hydrogens (tertiary/aromatic N) is 2. The minimum Gasteiger partial charge on any atom is -0.468 e. The van der Waals surface area contributed by atoms with Gasteiger partial charge in [0, 0.05) is 18.7 Å². The lowest BCUT2D eigenvalue weighted by atomic mass is 10.2. The monoisotopic (exact) mass is 286 g/mol. The Balaban J connectivity index is 2.28. The van der Waals surface area contributed by atoms with Crippen LogP contribution in [0.5, 0.6) is 0 Å². The highest BCUT2D eigenvalue weighted by molar-refractivity contribution is 8.00. The second-order valence-corrected chi connectivity index (χ2v) is 6.42. The zero-order valence-corrected chi connectivity index (χ0v) is 12.1. The van der Waals surface area contributed by atoms with Gasteiger partial charge in [-0.15, -0.1) is 11.8 Å². The van der Waals surface area contributed by atoms with Crippen LogP contribution in [0.25, 0.3) is 0 Å². The molecule has 1 atom stereocenters. The number of esters is 1. The number of fused-ring (bicyclic) bond motifs is 1. The van der Waals surface area contributed by atoms with Crippen molar-refractivity contribution in [3.8, 4) is 0 Å². The number of methoxy groups -OCH3 is 1. The van der Waals surface area contributed by atoms with E-state index >= 15 is 0 Å². The number of hydrogen-bond donors (Lipinski definition) is 0. The maximum Gasteiger partial charge on any atom is 0.316 e. The SMILES string of the molecule is COC(=O)CSc1nc2c(c(=O)n1C)SC(C)C2. The van der Waals surface area contributed by atoms with E-state index in [4.69, 9.17) is 0 Å². The molecule has 0 aromatic carbocycles. The third kappa shape index (κ3) is 2.56. The van der Waals surface area contributed by atoms with E-state index in [0.29, 0.717) is 10.4 Å². The van der Waals surface area contributed by atoms with E-state index < -0.39 is 0 Å². The standard InChI is InChI=1S/C11H14N2O3S2/c1-6-4-7-9(18-6)10(15)13(2)11(12-7)17-5-8(14)16-3/h6H,4-5H2,1-3H3. The molecule has 7 heteroatoms. The highest BCUT2D eigenvalue weighted by Gasteiger charge is 2.25. The van der Waals surface area contributed by atoms with Crippen LogP contribution in [0.3, 0.4) is 0 Å². The molecular weight excluding hydrogens is 272 g/mol. The van der Waals surface area contributed by atoms with Crippen molar-refractivity contribution in [1.29, 1.82) is 0 Å². The zero-order chi connectivity index (χ0) is 13.3. The summed E-state index contributed by atoms with van der Waals surface area (Å²) in [4.78, 5) is 28.4. The molecule has 1 aromatic heterocycles. The van der Waals surface area contributed by atoms with Gasteiger partial charge in [-0.1, -0.05) is 18.7 Å². The molecule has 2 heterocycles. The van der Waals surface area contributed by atoms with Gasteiger partial charge in [-0.2, -0.15) is 0 Å². The molecule has 98 valence electrons. The minimum absolute atomic E-state index is 0.0262. The molecule has 0 saturated carbocycles. The molecule has 1 unspecified atom stereocenters. The lowest BCUT2D eigenvalue weighted by Gasteiger charge is -2.08. The molecule has 1 aliphatic rings. The van der Waals surface area contributed by atoms with Crippen LogP contribution in [0, 0.1) is 0 Å². The summed E-state index contributed by atoms with van der Waals surface area (Å²) in [6, 6.07) is 0. The molecule has 0 saturated heterocycles. The Morgan fingerprint density at radius 2 is 2.39 bits per heavy atom. The maximum atomic E-state index is 12.1. The van der Waals surface area contributed by atoms with E-state index in [1.165, 1.54) is 23.4 Å². The first-order valence-corrected chi connectivity index (χ1v) is 7.35. The van der Waals surface area contributed by atoms with Crippen molar-refractivity contribution in [2.75, 3.05) is 12.9 Å². The van der Waals surface area contributed by atoms with Crippen LogP contribution < -0.4 is 5.56 Å². The molecule has 0 bridgehead atoms. The average molecular weight is 286 g/mol. The highest BCUT2D eigenvalue weighted by Crippen LogP contribution is 2.33. The molecule has 0 amide bonds. The van der Waals surface area contributed by atoms with Gasteiger partial charge in [0.15, 0.2) is 5.16 Å². The number of ether oxygens (including phenoxy) is 1. The topological polar surface area (TPSA) is 61.2 Å². The number of hydrogen-bond acceptors (Lipinski definition) is 6. The number of thioether (sulfide) groups is 2. The average Bonchev–Trinajstić information content (AvgIpc) is 2.72. The minimum atomic E-state index is -0.322. The smallest absolute Gasteiger partial charge is 0.316 e. The highest BCUT2D eigenvalue weighted by atomic mass is 32.2. The molecule has 0 aliphatic carbocycles. The Morgan fingerprint density at radius 1 is 1.67 bits per heavy atom. The van der Waals surface area contributed by atoms with Crippen molar-refractivity contribution >= 4 is 29.5 Å². The fourth-order valence-corrected chi connectivity index (χ4v) is 3.65. The number of aromatic nitrogens is 2. The van der Waals surface area contributed by atoms with Crippen molar-refractivity contribution in [3.05, 3.63) is 16.0 Å². The van der Waals surface area contributed by atoms with Gasteiger partial charge >= 0.3 is 5.97 Å². The van der Waals surface area contributed by atoms with Crippen LogP contribution in [0.1, 0.15) is 12.6 Å². The van der Waals surface area contributed by atoms with Gasteiger partial charge in [0.1, 0.15) is 0 Å². The lowest BCUT2D eigenvalue weighted by molar-refractivity contribution is -0.137. The lowest BCUT2D eigenvalue weighted by Crippen LogP contribution is -2.22. The van der Waals surface area contributed by atoms with Crippen LogP contribution in [0.2, 0.25) is 0 Å². The largest absolute Gasteiger partial charge is 0.468 e. The van der Waals surface area contributed by atoms with Gasteiger partial charge < -0.3 is 4.74 Å². The fraction of sp³-hybridized carbons (Fsp3) is 0.545. The second-order valence-electron chi connectivity index (χ2n) is 4.03. The zero-order valence-electron chi connectivity index (χ0n) is 10.4. The summed E-state index contributed by atoms with van der Waals surface area (Å²) in [5.74, 6) is -0.157. The summed E-state index contributed by atoms with van der Waals surface area (Å²) in [5.41, 5.74) is 0.824. The number of carbonyl (C=O) groups is 1. The maximum absolute atomic E-state index is 12.1. The molecule has 5 nitrogen and oxygen atoms in total. The molecule has 2 rings (SSSR count).